The molecule has 1 aromatic heterocycles. The third-order valence-electron chi connectivity index (χ3n) is 11.9. The van der Waals surface area contributed by atoms with Gasteiger partial charge in [0.2, 0.25) is 11.8 Å². The van der Waals surface area contributed by atoms with Gasteiger partial charge in [-0.3, -0.25) is 9.59 Å². The van der Waals surface area contributed by atoms with Crippen molar-refractivity contribution in [1.82, 2.24) is 36.2 Å². The molecule has 3 aliphatic rings. The van der Waals surface area contributed by atoms with Crippen molar-refractivity contribution in [2.24, 2.45) is 0 Å². The van der Waals surface area contributed by atoms with Gasteiger partial charge in [-0.2, -0.15) is 5.21 Å². The van der Waals surface area contributed by atoms with Crippen LogP contribution in [0.3, 0.4) is 0 Å². The van der Waals surface area contributed by atoms with Gasteiger partial charge in [0, 0.05) is 12.1 Å². The number of nitrogens with zero attached hydrogens (tertiary/aromatic N) is 4. The predicted octanol–water partition coefficient (Wildman–Crippen LogP) is 7.53. The number of aromatic nitrogens is 4. The molecule has 9 rings (SSSR count). The SMILES string of the molecule is CC(C)(C)OC(=O)N[C@@H]1C(=O)N2[C@@H](C(=O)OC(c3ccccc3)c3ccccc3)C(C(=C3CCNC3=O)C(c3nn[nH]n3)C(c3ccccc3)(c3ccccc3)c3ccccc3)=CS[C@H]12. The Balaban J connectivity index is 1.29. The fraction of sp³-hybridized carbons (Fsp3) is 0.235. The number of esters is 1. The van der Waals surface area contributed by atoms with Crippen molar-refractivity contribution in [2.75, 3.05) is 6.54 Å². The molecule has 2 saturated heterocycles. The number of fused-ring (bicyclic) bond motifs is 1. The molecule has 0 spiro atoms. The average molecular weight is 886 g/mol. The third-order valence-corrected chi connectivity index (χ3v) is 13.1. The second-order valence-electron chi connectivity index (χ2n) is 17.0. The second-order valence-corrected chi connectivity index (χ2v) is 18.0. The van der Waals surface area contributed by atoms with Gasteiger partial charge in [0.25, 0.3) is 0 Å². The van der Waals surface area contributed by atoms with Crippen molar-refractivity contribution < 1.29 is 28.7 Å². The molecule has 0 bridgehead atoms. The van der Waals surface area contributed by atoms with Crippen molar-refractivity contribution >= 4 is 35.6 Å². The van der Waals surface area contributed by atoms with E-state index in [1.807, 2.05) is 157 Å². The Morgan fingerprint density at radius 3 is 1.75 bits per heavy atom. The van der Waals surface area contributed by atoms with Gasteiger partial charge in [0.05, 0.1) is 11.3 Å². The van der Waals surface area contributed by atoms with Gasteiger partial charge < -0.3 is 25.0 Å². The fourth-order valence-electron chi connectivity index (χ4n) is 9.27. The predicted molar refractivity (Wildman–Crippen MR) is 245 cm³/mol. The fourth-order valence-corrected chi connectivity index (χ4v) is 10.5. The second kappa shape index (κ2) is 18.0. The molecule has 5 aromatic carbocycles. The number of alkyl carbamates (subject to hydrolysis) is 1. The van der Waals surface area contributed by atoms with Crippen LogP contribution in [0.4, 0.5) is 4.79 Å². The lowest BCUT2D eigenvalue weighted by Gasteiger charge is -2.53. The number of nitrogens with one attached hydrogen (secondary N) is 3. The van der Waals surface area contributed by atoms with Gasteiger partial charge in [-0.05, 0) is 71.6 Å². The number of hydrogen-bond donors (Lipinski definition) is 3. The van der Waals surface area contributed by atoms with E-state index < -0.39 is 58.5 Å². The molecule has 3 amide bonds. The molecule has 0 saturated carbocycles. The molecule has 0 radical (unpaired) electrons. The molecule has 2 fully saturated rings. The Kier molecular flexibility index (Phi) is 11.9. The molecule has 0 aliphatic carbocycles. The number of benzene rings is 5. The van der Waals surface area contributed by atoms with Crippen molar-refractivity contribution in [3.63, 3.8) is 0 Å². The standard InChI is InChI=1S/C51H47N7O6S/c1-50(2,3)64-49(62)53-41-46(60)58-42(48(61)63-43(32-19-9-4-10-20-32)33-21-11-5-12-22-33)38(31-65-47(41)58)39(37-29-30-52-45(37)59)40(44-54-56-57-55-44)51(34-23-13-6-14-24-34,35-25-15-7-16-26-35)36-27-17-8-18-28-36/h4-28,31,40-43,47H,29-30H2,1-3H3,(H,52,59)(H,53,62)(H,54,55,56,57)/t40?,41-,42-,47-/m1/s1. The Hall–Kier alpha value is -7.32. The highest BCUT2D eigenvalue weighted by molar-refractivity contribution is 8.03. The van der Waals surface area contributed by atoms with Crippen LogP contribution < -0.4 is 10.6 Å². The van der Waals surface area contributed by atoms with Crippen LogP contribution in [-0.4, -0.2) is 79.0 Å². The molecule has 4 atom stereocenters. The summed E-state index contributed by atoms with van der Waals surface area (Å²) in [6.07, 6.45) is -1.35. The maximum Gasteiger partial charge on any atom is 0.408 e. The lowest BCUT2D eigenvalue weighted by Crippen LogP contribution is -2.74. The topological polar surface area (TPSA) is 168 Å². The van der Waals surface area contributed by atoms with Crippen molar-refractivity contribution in [3.8, 4) is 0 Å². The minimum absolute atomic E-state index is 0.245. The average Bonchev–Trinajstić information content (AvgIpc) is 4.03. The summed E-state index contributed by atoms with van der Waals surface area (Å²) in [4.78, 5) is 59.5. The van der Waals surface area contributed by atoms with Crippen LogP contribution in [0.15, 0.2) is 174 Å². The van der Waals surface area contributed by atoms with Gasteiger partial charge in [0.15, 0.2) is 18.0 Å². The number of amides is 3. The summed E-state index contributed by atoms with van der Waals surface area (Å²) in [6.45, 7) is 5.55. The normalized spacial score (nSPS) is 19.6. The van der Waals surface area contributed by atoms with E-state index in [4.69, 9.17) is 14.6 Å². The Morgan fingerprint density at radius 2 is 1.29 bits per heavy atom. The summed E-state index contributed by atoms with van der Waals surface area (Å²) in [6, 6.07) is 46.1. The number of β-lactam (4-membered cyclic amide) rings is 1. The summed E-state index contributed by atoms with van der Waals surface area (Å²) in [5.41, 5.74) is 3.16. The summed E-state index contributed by atoms with van der Waals surface area (Å²) in [5.74, 6) is -2.31. The number of hydrogen-bond acceptors (Lipinski definition) is 10. The molecule has 1 unspecified atom stereocenters. The van der Waals surface area contributed by atoms with E-state index in [2.05, 4.69) is 26.2 Å². The molecule has 6 aromatic rings. The maximum absolute atomic E-state index is 15.6. The monoisotopic (exact) mass is 885 g/mol. The van der Waals surface area contributed by atoms with Gasteiger partial charge in [-0.15, -0.1) is 22.0 Å². The molecule has 3 N–H and O–H groups in total. The highest BCUT2D eigenvalue weighted by Crippen LogP contribution is 2.56. The van der Waals surface area contributed by atoms with Crippen molar-refractivity contribution in [1.29, 1.82) is 0 Å². The van der Waals surface area contributed by atoms with E-state index in [9.17, 15) is 14.4 Å². The Labute approximate surface area is 380 Å². The minimum atomic E-state index is -1.41. The quantitative estimate of drug-likeness (QED) is 0.0484. The van der Waals surface area contributed by atoms with Gasteiger partial charge in [0.1, 0.15) is 17.0 Å². The van der Waals surface area contributed by atoms with Gasteiger partial charge >= 0.3 is 12.1 Å². The summed E-state index contributed by atoms with van der Waals surface area (Å²) >= 11 is 1.26. The number of rotatable bonds is 12. The van der Waals surface area contributed by atoms with E-state index in [1.54, 1.807) is 20.8 Å². The number of carbonyl (C=O) groups excluding carboxylic acids is 4. The number of ether oxygens (including phenoxy) is 2. The third kappa shape index (κ3) is 8.21. The maximum atomic E-state index is 15.6. The molecule has 4 heterocycles. The van der Waals surface area contributed by atoms with Crippen LogP contribution in [0.1, 0.15) is 72.9 Å². The molecular formula is C51H47N7O6S. The van der Waals surface area contributed by atoms with Crippen molar-refractivity contribution in [2.45, 2.75) is 67.7 Å². The largest absolute Gasteiger partial charge is 0.451 e. The molecule has 328 valence electrons. The molecule has 14 heteroatoms. The van der Waals surface area contributed by atoms with E-state index >= 15 is 4.79 Å². The Morgan fingerprint density at radius 1 is 0.769 bits per heavy atom. The lowest BCUT2D eigenvalue weighted by molar-refractivity contribution is -0.164. The number of aromatic amines is 1. The number of tetrazole rings is 1. The van der Waals surface area contributed by atoms with Gasteiger partial charge in [-0.25, -0.2) is 9.59 Å². The first-order valence-electron chi connectivity index (χ1n) is 21.5. The number of carbonyl (C=O) groups is 4. The summed E-state index contributed by atoms with van der Waals surface area (Å²) < 4.78 is 12.2. The zero-order valence-electron chi connectivity index (χ0n) is 36.0. The lowest BCUT2D eigenvalue weighted by atomic mass is 9.57. The first-order valence-corrected chi connectivity index (χ1v) is 22.4. The molecule has 65 heavy (non-hydrogen) atoms. The van der Waals surface area contributed by atoms with Gasteiger partial charge in [-0.1, -0.05) is 157 Å². The number of thioether (sulfide) groups is 1. The van der Waals surface area contributed by atoms with E-state index in [0.717, 1.165) is 16.7 Å². The Bertz CT molecular complexity index is 2590. The van der Waals surface area contributed by atoms with Crippen LogP contribution in [0, 0.1) is 0 Å². The zero-order chi connectivity index (χ0) is 45.1. The summed E-state index contributed by atoms with van der Waals surface area (Å²) in [5, 5.41) is 23.0. The smallest absolute Gasteiger partial charge is 0.408 e. The summed E-state index contributed by atoms with van der Waals surface area (Å²) in [7, 11) is 0. The van der Waals surface area contributed by atoms with Crippen molar-refractivity contribution in [3.05, 3.63) is 207 Å². The van der Waals surface area contributed by atoms with Crippen LogP contribution in [-0.2, 0) is 29.3 Å². The highest BCUT2D eigenvalue weighted by Gasteiger charge is 2.60. The number of H-pyrrole nitrogens is 1. The minimum Gasteiger partial charge on any atom is -0.451 e. The molecule has 13 nitrogen and oxygen atoms in total. The first kappa shape index (κ1) is 43.0. The van der Waals surface area contributed by atoms with E-state index in [-0.39, 0.29) is 18.2 Å². The molecule has 3 aliphatic heterocycles. The van der Waals surface area contributed by atoms with E-state index in [0.29, 0.717) is 34.4 Å². The van der Waals surface area contributed by atoms with Crippen LogP contribution in [0.25, 0.3) is 0 Å². The van der Waals surface area contributed by atoms with Crippen LogP contribution in [0.2, 0.25) is 0 Å². The van der Waals surface area contributed by atoms with Crippen LogP contribution >= 0.6 is 11.8 Å². The van der Waals surface area contributed by atoms with E-state index in [1.165, 1.54) is 16.7 Å². The molecular weight excluding hydrogens is 839 g/mol. The highest BCUT2D eigenvalue weighted by atomic mass is 32.2. The van der Waals surface area contributed by atoms with Crippen LogP contribution in [0.5, 0.6) is 0 Å². The first-order chi connectivity index (χ1) is 31.6. The zero-order valence-corrected chi connectivity index (χ0v) is 36.8.